The van der Waals surface area contributed by atoms with E-state index in [9.17, 15) is 9.59 Å². The van der Waals surface area contributed by atoms with Crippen LogP contribution in [0.1, 0.15) is 55.4 Å². The topological polar surface area (TPSA) is 55.4 Å². The van der Waals surface area contributed by atoms with Crippen molar-refractivity contribution in [2.75, 3.05) is 6.54 Å². The number of esters is 1. The van der Waals surface area contributed by atoms with Gasteiger partial charge in [0.1, 0.15) is 5.60 Å². The monoisotopic (exact) mass is 257 g/mol. The van der Waals surface area contributed by atoms with Crippen LogP contribution in [0.3, 0.4) is 0 Å². The zero-order valence-corrected chi connectivity index (χ0v) is 12.9. The van der Waals surface area contributed by atoms with Crippen LogP contribution >= 0.6 is 0 Å². The molecule has 0 bridgehead atoms. The minimum Gasteiger partial charge on any atom is -0.453 e. The van der Waals surface area contributed by atoms with E-state index in [4.69, 9.17) is 4.74 Å². The van der Waals surface area contributed by atoms with Gasteiger partial charge in [0.25, 0.3) is 0 Å². The second-order valence-electron chi connectivity index (χ2n) is 7.32. The van der Waals surface area contributed by atoms with Crippen molar-refractivity contribution < 1.29 is 14.3 Å². The highest BCUT2D eigenvalue weighted by atomic mass is 16.6. The van der Waals surface area contributed by atoms with E-state index in [2.05, 4.69) is 39.9 Å². The molecule has 0 unspecified atom stereocenters. The van der Waals surface area contributed by atoms with Gasteiger partial charge >= 0.3 is 11.9 Å². The lowest BCUT2D eigenvalue weighted by molar-refractivity contribution is -0.163. The Morgan fingerprint density at radius 2 is 1.39 bits per heavy atom. The summed E-state index contributed by atoms with van der Waals surface area (Å²) in [5.41, 5.74) is -0.715. The number of carbonyl (C=O) groups is 2. The maximum atomic E-state index is 11.6. The Labute approximate surface area is 110 Å². The molecule has 0 saturated heterocycles. The third-order valence-corrected chi connectivity index (χ3v) is 3.31. The van der Waals surface area contributed by atoms with Crippen molar-refractivity contribution in [3.63, 3.8) is 0 Å². The highest BCUT2D eigenvalue weighted by Gasteiger charge is 2.34. The van der Waals surface area contributed by atoms with Crippen LogP contribution in [0.5, 0.6) is 0 Å². The van der Waals surface area contributed by atoms with Gasteiger partial charge in [-0.3, -0.25) is 4.79 Å². The zero-order valence-electron chi connectivity index (χ0n) is 12.9. The molecular formula is C14H27NO3. The Balaban J connectivity index is 4.41. The van der Waals surface area contributed by atoms with E-state index in [1.165, 1.54) is 0 Å². The largest absolute Gasteiger partial charge is 0.453 e. The molecule has 1 amide bonds. The Morgan fingerprint density at radius 3 is 1.72 bits per heavy atom. The first-order chi connectivity index (χ1) is 7.76. The molecule has 0 aliphatic rings. The number of hydrogen-bond acceptors (Lipinski definition) is 3. The molecule has 4 heteroatoms. The van der Waals surface area contributed by atoms with Crippen LogP contribution in [0.4, 0.5) is 0 Å². The van der Waals surface area contributed by atoms with E-state index in [1.54, 1.807) is 20.8 Å². The van der Waals surface area contributed by atoms with E-state index in [0.29, 0.717) is 6.54 Å². The van der Waals surface area contributed by atoms with Gasteiger partial charge in [-0.1, -0.05) is 34.6 Å². The SMILES string of the molecule is CC(C)(C)OC(=O)C(=O)NCC(C)(C)C(C)(C)C. The molecule has 0 spiro atoms. The average molecular weight is 257 g/mol. The molecule has 1 N–H and O–H groups in total. The van der Waals surface area contributed by atoms with Gasteiger partial charge in [0.05, 0.1) is 0 Å². The van der Waals surface area contributed by atoms with Crippen molar-refractivity contribution >= 4 is 11.9 Å². The molecule has 0 aliphatic carbocycles. The number of hydrogen-bond donors (Lipinski definition) is 1. The van der Waals surface area contributed by atoms with Gasteiger partial charge in [0.2, 0.25) is 0 Å². The van der Waals surface area contributed by atoms with Gasteiger partial charge in [-0.2, -0.15) is 0 Å². The number of carbonyl (C=O) groups excluding carboxylic acids is 2. The fraction of sp³-hybridized carbons (Fsp3) is 0.857. The van der Waals surface area contributed by atoms with Crippen molar-refractivity contribution in [3.8, 4) is 0 Å². The predicted molar refractivity (Wildman–Crippen MR) is 72.1 cm³/mol. The van der Waals surface area contributed by atoms with Gasteiger partial charge in [0.15, 0.2) is 0 Å². The Morgan fingerprint density at radius 1 is 0.944 bits per heavy atom. The van der Waals surface area contributed by atoms with Gasteiger partial charge < -0.3 is 10.1 Å². The summed E-state index contributed by atoms with van der Waals surface area (Å²) in [5.74, 6) is -1.51. The van der Waals surface area contributed by atoms with Crippen LogP contribution < -0.4 is 5.32 Å². The second kappa shape index (κ2) is 5.29. The van der Waals surface area contributed by atoms with Crippen LogP contribution in [0.2, 0.25) is 0 Å². The minimum absolute atomic E-state index is 0.0359. The first kappa shape index (κ1) is 16.9. The van der Waals surface area contributed by atoms with Gasteiger partial charge in [-0.15, -0.1) is 0 Å². The maximum Gasteiger partial charge on any atom is 0.397 e. The number of amides is 1. The van der Waals surface area contributed by atoms with E-state index in [-0.39, 0.29) is 10.8 Å². The van der Waals surface area contributed by atoms with E-state index < -0.39 is 17.5 Å². The number of ether oxygens (including phenoxy) is 1. The van der Waals surface area contributed by atoms with E-state index in [0.717, 1.165) is 0 Å². The molecule has 0 aromatic heterocycles. The van der Waals surface area contributed by atoms with Crippen LogP contribution in [-0.2, 0) is 14.3 Å². The quantitative estimate of drug-likeness (QED) is 0.611. The highest BCUT2D eigenvalue weighted by Crippen LogP contribution is 2.36. The normalized spacial score (nSPS) is 13.1. The van der Waals surface area contributed by atoms with E-state index >= 15 is 0 Å². The van der Waals surface area contributed by atoms with E-state index in [1.807, 2.05) is 0 Å². The second-order valence-corrected chi connectivity index (χ2v) is 7.32. The maximum absolute atomic E-state index is 11.6. The summed E-state index contributed by atoms with van der Waals surface area (Å²) >= 11 is 0. The van der Waals surface area contributed by atoms with Crippen molar-refractivity contribution in [1.29, 1.82) is 0 Å². The highest BCUT2D eigenvalue weighted by molar-refractivity contribution is 6.32. The molecule has 0 rings (SSSR count). The van der Waals surface area contributed by atoms with Crippen LogP contribution in [0.15, 0.2) is 0 Å². The van der Waals surface area contributed by atoms with Gasteiger partial charge in [-0.05, 0) is 31.6 Å². The summed E-state index contributed by atoms with van der Waals surface area (Å²) in [6, 6.07) is 0. The molecule has 4 nitrogen and oxygen atoms in total. The van der Waals surface area contributed by atoms with Crippen molar-refractivity contribution in [3.05, 3.63) is 0 Å². The molecule has 18 heavy (non-hydrogen) atoms. The molecule has 0 atom stereocenters. The summed E-state index contributed by atoms with van der Waals surface area (Å²) in [5, 5.41) is 2.64. The fourth-order valence-corrected chi connectivity index (χ4v) is 0.963. The molecule has 106 valence electrons. The first-order valence-corrected chi connectivity index (χ1v) is 6.27. The number of nitrogens with one attached hydrogen (secondary N) is 1. The van der Waals surface area contributed by atoms with Crippen molar-refractivity contribution in [1.82, 2.24) is 5.32 Å². The van der Waals surface area contributed by atoms with Gasteiger partial charge in [-0.25, -0.2) is 4.79 Å². The van der Waals surface area contributed by atoms with Crippen LogP contribution in [0, 0.1) is 10.8 Å². The van der Waals surface area contributed by atoms with Crippen LogP contribution in [0.25, 0.3) is 0 Å². The van der Waals surface area contributed by atoms with Crippen LogP contribution in [-0.4, -0.2) is 24.0 Å². The summed E-state index contributed by atoms with van der Waals surface area (Å²) in [4.78, 5) is 23.1. The summed E-state index contributed by atoms with van der Waals surface area (Å²) in [6.07, 6.45) is 0. The lowest BCUT2D eigenvalue weighted by Crippen LogP contribution is -2.45. The lowest BCUT2D eigenvalue weighted by atomic mass is 9.69. The third kappa shape index (κ3) is 5.52. The molecule has 0 radical (unpaired) electrons. The Hall–Kier alpha value is -1.06. The standard InChI is InChI=1S/C14H27NO3/c1-12(2,3)14(7,8)9-15-10(16)11(17)18-13(4,5)6/h9H2,1-8H3,(H,15,16). The molecule has 0 heterocycles. The zero-order chi connectivity index (χ0) is 14.8. The summed E-state index contributed by atoms with van der Waals surface area (Å²) < 4.78 is 5.00. The lowest BCUT2D eigenvalue weighted by Gasteiger charge is -2.38. The predicted octanol–water partition coefficient (Wildman–Crippen LogP) is 2.52. The fourth-order valence-electron chi connectivity index (χ4n) is 0.963. The Kier molecular flexibility index (Phi) is 4.98. The first-order valence-electron chi connectivity index (χ1n) is 6.27. The average Bonchev–Trinajstić information content (AvgIpc) is 2.09. The van der Waals surface area contributed by atoms with Gasteiger partial charge in [0, 0.05) is 6.54 Å². The Bertz CT molecular complexity index is 319. The molecule has 0 fully saturated rings. The summed E-state index contributed by atoms with van der Waals surface area (Å²) in [6.45, 7) is 16.1. The third-order valence-electron chi connectivity index (χ3n) is 3.31. The molecule has 0 aliphatic heterocycles. The molecule has 0 saturated carbocycles. The smallest absolute Gasteiger partial charge is 0.397 e. The minimum atomic E-state index is -0.827. The van der Waals surface area contributed by atoms with Crippen molar-refractivity contribution in [2.45, 2.75) is 61.0 Å². The number of rotatable bonds is 2. The molecule has 0 aromatic rings. The molecular weight excluding hydrogens is 230 g/mol. The molecule has 0 aromatic carbocycles. The summed E-state index contributed by atoms with van der Waals surface area (Å²) in [7, 11) is 0. The van der Waals surface area contributed by atoms with Crippen molar-refractivity contribution in [2.24, 2.45) is 10.8 Å².